The van der Waals surface area contributed by atoms with Crippen LogP contribution in [0.4, 0.5) is 13.2 Å². The number of carbonyl (C=O) groups is 1. The van der Waals surface area contributed by atoms with Gasteiger partial charge >= 0.3 is 6.18 Å². The van der Waals surface area contributed by atoms with Crippen LogP contribution in [0.2, 0.25) is 5.15 Å². The molecule has 0 saturated heterocycles. The van der Waals surface area contributed by atoms with E-state index >= 15 is 0 Å². The van der Waals surface area contributed by atoms with Crippen LogP contribution in [0.5, 0.6) is 0 Å². The molecule has 2 nitrogen and oxygen atoms in total. The van der Waals surface area contributed by atoms with Crippen LogP contribution < -0.4 is 0 Å². The lowest BCUT2D eigenvalue weighted by Crippen LogP contribution is -2.04. The fourth-order valence-corrected chi connectivity index (χ4v) is 1.73. The van der Waals surface area contributed by atoms with Crippen LogP contribution in [-0.4, -0.2) is 11.3 Å². The molecule has 1 heterocycles. The van der Waals surface area contributed by atoms with E-state index in [1.807, 2.05) is 0 Å². The van der Waals surface area contributed by atoms with Gasteiger partial charge in [0.1, 0.15) is 5.15 Å². The Bertz CT molecular complexity index is 626. The van der Waals surface area contributed by atoms with Crippen molar-refractivity contribution in [2.75, 3.05) is 0 Å². The number of benzene rings is 1. The number of nitrogens with zero attached hydrogens (tertiary/aromatic N) is 1. The number of hydrogen-bond donors (Lipinski definition) is 0. The monoisotopic (exact) mass is 285 g/mol. The third-order valence-corrected chi connectivity index (χ3v) is 2.83. The number of hydrogen-bond acceptors (Lipinski definition) is 2. The molecule has 2 rings (SSSR count). The highest BCUT2D eigenvalue weighted by atomic mass is 35.5. The van der Waals surface area contributed by atoms with Crippen LogP contribution in [-0.2, 0) is 6.18 Å². The standard InChI is InChI=1S/C13H7ClF3NO/c14-12-10(7-19)4-9(6-18-12)8-2-1-3-11(5-8)13(15,16)17/h1-7H. The van der Waals surface area contributed by atoms with Gasteiger partial charge in [0.2, 0.25) is 0 Å². The third-order valence-electron chi connectivity index (χ3n) is 2.52. The van der Waals surface area contributed by atoms with Gasteiger partial charge in [0.15, 0.2) is 6.29 Å². The second-order valence-corrected chi connectivity index (χ2v) is 4.16. The number of alkyl halides is 3. The Kier molecular flexibility index (Phi) is 3.57. The van der Waals surface area contributed by atoms with Gasteiger partial charge in [-0.15, -0.1) is 0 Å². The van der Waals surface area contributed by atoms with E-state index in [9.17, 15) is 18.0 Å². The minimum Gasteiger partial charge on any atom is -0.298 e. The van der Waals surface area contributed by atoms with Crippen molar-refractivity contribution in [3.05, 3.63) is 52.8 Å². The summed E-state index contributed by atoms with van der Waals surface area (Å²) < 4.78 is 37.8. The molecule has 0 fully saturated rings. The van der Waals surface area contributed by atoms with Gasteiger partial charge in [-0.3, -0.25) is 4.79 Å². The summed E-state index contributed by atoms with van der Waals surface area (Å²) in [5, 5.41) is 0.0192. The number of halogens is 4. The summed E-state index contributed by atoms with van der Waals surface area (Å²) in [6.45, 7) is 0. The van der Waals surface area contributed by atoms with E-state index in [0.717, 1.165) is 12.1 Å². The molecule has 98 valence electrons. The maximum atomic E-state index is 12.6. The quantitative estimate of drug-likeness (QED) is 0.610. The van der Waals surface area contributed by atoms with E-state index in [-0.39, 0.29) is 10.7 Å². The number of rotatable bonds is 2. The molecule has 1 aromatic heterocycles. The first-order valence-corrected chi connectivity index (χ1v) is 5.58. The summed E-state index contributed by atoms with van der Waals surface area (Å²) in [5.41, 5.74) is 0.101. The minimum atomic E-state index is -4.41. The third kappa shape index (κ3) is 2.93. The zero-order chi connectivity index (χ0) is 14.0. The summed E-state index contributed by atoms with van der Waals surface area (Å²) >= 11 is 5.67. The number of aldehydes is 1. The Morgan fingerprint density at radius 2 is 1.89 bits per heavy atom. The van der Waals surface area contributed by atoms with Crippen molar-refractivity contribution in [2.24, 2.45) is 0 Å². The van der Waals surface area contributed by atoms with Crippen molar-refractivity contribution < 1.29 is 18.0 Å². The zero-order valence-electron chi connectivity index (χ0n) is 9.41. The second-order valence-electron chi connectivity index (χ2n) is 3.80. The van der Waals surface area contributed by atoms with Crippen molar-refractivity contribution >= 4 is 17.9 Å². The minimum absolute atomic E-state index is 0.0192. The normalized spacial score (nSPS) is 11.4. The lowest BCUT2D eigenvalue weighted by molar-refractivity contribution is -0.137. The van der Waals surface area contributed by atoms with E-state index in [2.05, 4.69) is 4.98 Å². The molecule has 0 aliphatic rings. The van der Waals surface area contributed by atoms with Crippen molar-refractivity contribution in [2.45, 2.75) is 6.18 Å². The van der Waals surface area contributed by atoms with Crippen LogP contribution in [0, 0.1) is 0 Å². The maximum absolute atomic E-state index is 12.6. The number of aromatic nitrogens is 1. The molecule has 19 heavy (non-hydrogen) atoms. The molecule has 0 spiro atoms. The van der Waals surface area contributed by atoms with Gasteiger partial charge in [-0.2, -0.15) is 13.2 Å². The van der Waals surface area contributed by atoms with Crippen molar-refractivity contribution in [3.8, 4) is 11.1 Å². The van der Waals surface area contributed by atoms with Gasteiger partial charge in [-0.1, -0.05) is 23.7 Å². The first kappa shape index (κ1) is 13.5. The Morgan fingerprint density at radius 3 is 2.53 bits per heavy atom. The molecule has 6 heteroatoms. The zero-order valence-corrected chi connectivity index (χ0v) is 10.2. The number of carbonyl (C=O) groups excluding carboxylic acids is 1. The molecule has 1 aromatic carbocycles. The Hall–Kier alpha value is -1.88. The maximum Gasteiger partial charge on any atom is 0.416 e. The van der Waals surface area contributed by atoms with Gasteiger partial charge in [-0.05, 0) is 23.8 Å². The lowest BCUT2D eigenvalue weighted by Gasteiger charge is -2.09. The molecule has 0 atom stereocenters. The summed E-state index contributed by atoms with van der Waals surface area (Å²) in [7, 11) is 0. The topological polar surface area (TPSA) is 30.0 Å². The predicted octanol–water partition coefficient (Wildman–Crippen LogP) is 4.23. The van der Waals surface area contributed by atoms with Crippen molar-refractivity contribution in [1.29, 1.82) is 0 Å². The van der Waals surface area contributed by atoms with Crippen LogP contribution in [0.1, 0.15) is 15.9 Å². The second kappa shape index (κ2) is 5.01. The van der Waals surface area contributed by atoms with Gasteiger partial charge in [0.25, 0.3) is 0 Å². The van der Waals surface area contributed by atoms with Gasteiger partial charge < -0.3 is 0 Å². The SMILES string of the molecule is O=Cc1cc(-c2cccc(C(F)(F)F)c2)cnc1Cl. The van der Waals surface area contributed by atoms with E-state index in [1.54, 1.807) is 0 Å². The molecule has 0 radical (unpaired) electrons. The first-order valence-electron chi connectivity index (χ1n) is 5.20. The molecule has 0 amide bonds. The van der Waals surface area contributed by atoms with Gasteiger partial charge in [0.05, 0.1) is 11.1 Å². The fourth-order valence-electron chi connectivity index (χ4n) is 1.58. The Balaban J connectivity index is 2.50. The highest BCUT2D eigenvalue weighted by Crippen LogP contribution is 2.32. The Labute approximate surface area is 111 Å². The largest absolute Gasteiger partial charge is 0.416 e. The molecule has 0 bridgehead atoms. The summed E-state index contributed by atoms with van der Waals surface area (Å²) in [5.74, 6) is 0. The first-order chi connectivity index (χ1) is 8.91. The van der Waals surface area contributed by atoms with Crippen molar-refractivity contribution in [1.82, 2.24) is 4.98 Å². The van der Waals surface area contributed by atoms with E-state index in [1.165, 1.54) is 24.4 Å². The molecular formula is C13H7ClF3NO. The smallest absolute Gasteiger partial charge is 0.298 e. The van der Waals surface area contributed by atoms with Crippen LogP contribution in [0.25, 0.3) is 11.1 Å². The fraction of sp³-hybridized carbons (Fsp3) is 0.0769. The molecule has 2 aromatic rings. The summed E-state index contributed by atoms with van der Waals surface area (Å²) in [6, 6.07) is 6.19. The average Bonchev–Trinajstić information content (AvgIpc) is 2.38. The van der Waals surface area contributed by atoms with Crippen LogP contribution in [0.15, 0.2) is 36.5 Å². The Morgan fingerprint density at radius 1 is 1.16 bits per heavy atom. The van der Waals surface area contributed by atoms with Crippen LogP contribution in [0.3, 0.4) is 0 Å². The lowest BCUT2D eigenvalue weighted by atomic mass is 10.0. The van der Waals surface area contributed by atoms with Gasteiger partial charge in [-0.25, -0.2) is 4.98 Å². The molecule has 0 saturated carbocycles. The summed E-state index contributed by atoms with van der Waals surface area (Å²) in [6.07, 6.45) is -2.58. The molecule has 0 unspecified atom stereocenters. The van der Waals surface area contributed by atoms with Gasteiger partial charge in [0, 0.05) is 11.8 Å². The molecular weight excluding hydrogens is 279 g/mol. The molecule has 0 aliphatic carbocycles. The molecule has 0 aliphatic heterocycles. The van der Waals surface area contributed by atoms with E-state index in [4.69, 9.17) is 11.6 Å². The van der Waals surface area contributed by atoms with E-state index < -0.39 is 11.7 Å². The predicted molar refractivity (Wildman–Crippen MR) is 65.1 cm³/mol. The van der Waals surface area contributed by atoms with Crippen molar-refractivity contribution in [3.63, 3.8) is 0 Å². The van der Waals surface area contributed by atoms with Crippen LogP contribution >= 0.6 is 11.6 Å². The van der Waals surface area contributed by atoms with E-state index in [0.29, 0.717) is 17.4 Å². The average molecular weight is 286 g/mol. The number of pyridine rings is 1. The summed E-state index contributed by atoms with van der Waals surface area (Å²) in [4.78, 5) is 14.5. The molecule has 0 N–H and O–H groups in total. The highest BCUT2D eigenvalue weighted by molar-refractivity contribution is 6.31. The highest BCUT2D eigenvalue weighted by Gasteiger charge is 2.30.